The van der Waals surface area contributed by atoms with Crippen LogP contribution in [-0.4, -0.2) is 14.9 Å². The number of carbonyl (C=O) groups is 1. The number of hydrogen-bond donors (Lipinski definition) is 0. The quantitative estimate of drug-likeness (QED) is 0.391. The molecule has 0 atom stereocenters. The minimum absolute atomic E-state index is 0.104. The molecular formula is C24H22N2O2S2. The van der Waals surface area contributed by atoms with Crippen molar-refractivity contribution in [2.24, 2.45) is 0 Å². The molecular weight excluding hydrogens is 412 g/mol. The molecule has 1 aliphatic heterocycles. The highest BCUT2D eigenvalue weighted by Crippen LogP contribution is 2.33. The lowest BCUT2D eigenvalue weighted by molar-refractivity contribution is -0.114. The van der Waals surface area contributed by atoms with Crippen LogP contribution in [0.2, 0.25) is 0 Å². The zero-order valence-electron chi connectivity index (χ0n) is 17.1. The van der Waals surface area contributed by atoms with E-state index in [4.69, 9.17) is 17.0 Å². The first-order chi connectivity index (χ1) is 14.4. The van der Waals surface area contributed by atoms with Gasteiger partial charge in [0.25, 0.3) is 5.91 Å². The second kappa shape index (κ2) is 8.50. The lowest BCUT2D eigenvalue weighted by atomic mass is 10.1. The zero-order chi connectivity index (χ0) is 21.3. The minimum atomic E-state index is -0.104. The highest BCUT2D eigenvalue weighted by molar-refractivity contribution is 8.27. The summed E-state index contributed by atoms with van der Waals surface area (Å²) < 4.78 is 8.27. The molecule has 2 heterocycles. The van der Waals surface area contributed by atoms with Gasteiger partial charge in [-0.1, -0.05) is 53.7 Å². The summed E-state index contributed by atoms with van der Waals surface area (Å²) in [4.78, 5) is 13.6. The number of amides is 1. The smallest absolute Gasteiger partial charge is 0.285 e. The number of nitrogens with zero attached hydrogens (tertiary/aromatic N) is 2. The van der Waals surface area contributed by atoms with Gasteiger partial charge in [-0.15, -0.1) is 0 Å². The van der Waals surface area contributed by atoms with Gasteiger partial charge >= 0.3 is 0 Å². The summed E-state index contributed by atoms with van der Waals surface area (Å²) in [5.74, 6) is 0.687. The third kappa shape index (κ3) is 4.20. The van der Waals surface area contributed by atoms with Gasteiger partial charge in [0.2, 0.25) is 0 Å². The van der Waals surface area contributed by atoms with E-state index in [0.29, 0.717) is 15.8 Å². The van der Waals surface area contributed by atoms with Gasteiger partial charge in [-0.3, -0.25) is 9.47 Å². The Morgan fingerprint density at radius 1 is 1.00 bits per heavy atom. The van der Waals surface area contributed by atoms with E-state index in [1.54, 1.807) is 5.01 Å². The fourth-order valence-electron chi connectivity index (χ4n) is 3.39. The Hall–Kier alpha value is -2.83. The van der Waals surface area contributed by atoms with Crippen molar-refractivity contribution in [3.63, 3.8) is 0 Å². The predicted molar refractivity (Wildman–Crippen MR) is 127 cm³/mol. The van der Waals surface area contributed by atoms with Gasteiger partial charge in [0.15, 0.2) is 4.32 Å². The molecule has 152 valence electrons. The second-order valence-electron chi connectivity index (χ2n) is 7.27. The van der Waals surface area contributed by atoms with Crippen molar-refractivity contribution >= 4 is 40.3 Å². The van der Waals surface area contributed by atoms with Gasteiger partial charge in [-0.2, -0.15) is 5.01 Å². The predicted octanol–water partition coefficient (Wildman–Crippen LogP) is 5.53. The standard InChI is InChI=1S/C24H22N2O2S2/c1-16-5-4-6-20(13-16)15-28-21-11-9-19(10-12-21)14-22-23(27)26(24(29)30-22)25-17(2)7-8-18(25)3/h4-14H,15H2,1-3H3/b22-14+. The molecule has 1 amide bonds. The summed E-state index contributed by atoms with van der Waals surface area (Å²) in [6.45, 7) is 6.52. The van der Waals surface area contributed by atoms with Crippen molar-refractivity contribution in [1.29, 1.82) is 0 Å². The van der Waals surface area contributed by atoms with Gasteiger partial charge in [0, 0.05) is 11.4 Å². The first-order valence-corrected chi connectivity index (χ1v) is 10.9. The van der Waals surface area contributed by atoms with Crippen LogP contribution in [0.4, 0.5) is 0 Å². The monoisotopic (exact) mass is 434 g/mol. The van der Waals surface area contributed by atoms with Gasteiger partial charge in [-0.05, 0) is 74.5 Å². The van der Waals surface area contributed by atoms with Crippen LogP contribution in [-0.2, 0) is 11.4 Å². The van der Waals surface area contributed by atoms with Gasteiger partial charge in [0.05, 0.1) is 4.91 Å². The molecule has 0 radical (unpaired) electrons. The van der Waals surface area contributed by atoms with Crippen LogP contribution in [0.1, 0.15) is 28.1 Å². The van der Waals surface area contributed by atoms with E-state index in [1.807, 2.05) is 67.1 Å². The molecule has 4 nitrogen and oxygen atoms in total. The number of carbonyl (C=O) groups excluding carboxylic acids is 1. The van der Waals surface area contributed by atoms with E-state index in [2.05, 4.69) is 25.1 Å². The molecule has 4 rings (SSSR count). The van der Waals surface area contributed by atoms with E-state index in [1.165, 1.54) is 17.3 Å². The number of aryl methyl sites for hydroxylation is 3. The lowest BCUT2D eigenvalue weighted by Crippen LogP contribution is -2.39. The van der Waals surface area contributed by atoms with Crippen LogP contribution in [0.3, 0.4) is 0 Å². The second-order valence-corrected chi connectivity index (χ2v) is 8.94. The average Bonchev–Trinajstić information content (AvgIpc) is 3.19. The summed E-state index contributed by atoms with van der Waals surface area (Å²) in [6.07, 6.45) is 1.87. The molecule has 1 fully saturated rings. The number of thioether (sulfide) groups is 1. The highest BCUT2D eigenvalue weighted by atomic mass is 32.2. The van der Waals surface area contributed by atoms with Gasteiger partial charge < -0.3 is 4.74 Å². The molecule has 0 unspecified atom stereocenters. The third-order valence-corrected chi connectivity index (χ3v) is 6.16. The summed E-state index contributed by atoms with van der Waals surface area (Å²) in [6, 6.07) is 20.0. The number of ether oxygens (including phenoxy) is 1. The molecule has 0 spiro atoms. The van der Waals surface area contributed by atoms with E-state index in [9.17, 15) is 4.79 Å². The van der Waals surface area contributed by atoms with Crippen LogP contribution < -0.4 is 9.75 Å². The molecule has 0 saturated carbocycles. The Labute approximate surface area is 186 Å². The summed E-state index contributed by atoms with van der Waals surface area (Å²) in [5, 5.41) is 1.57. The maximum atomic E-state index is 13.0. The van der Waals surface area contributed by atoms with Crippen LogP contribution in [0, 0.1) is 20.8 Å². The molecule has 3 aromatic rings. The molecule has 1 aliphatic rings. The van der Waals surface area contributed by atoms with Gasteiger partial charge in [-0.25, -0.2) is 0 Å². The van der Waals surface area contributed by atoms with Crippen LogP contribution in [0.15, 0.2) is 65.6 Å². The average molecular weight is 435 g/mol. The Kier molecular flexibility index (Phi) is 5.79. The van der Waals surface area contributed by atoms with Crippen molar-refractivity contribution in [3.05, 3.63) is 93.6 Å². The summed E-state index contributed by atoms with van der Waals surface area (Å²) in [5.41, 5.74) is 5.23. The Balaban J connectivity index is 1.47. The van der Waals surface area contributed by atoms with E-state index in [0.717, 1.165) is 28.3 Å². The van der Waals surface area contributed by atoms with E-state index >= 15 is 0 Å². The lowest BCUT2D eigenvalue weighted by Gasteiger charge is -2.20. The molecule has 1 saturated heterocycles. The van der Waals surface area contributed by atoms with Crippen molar-refractivity contribution in [1.82, 2.24) is 4.68 Å². The summed E-state index contributed by atoms with van der Waals surface area (Å²) in [7, 11) is 0. The Bertz CT molecular complexity index is 1130. The molecule has 0 aliphatic carbocycles. The van der Waals surface area contributed by atoms with Gasteiger partial charge in [0.1, 0.15) is 12.4 Å². The topological polar surface area (TPSA) is 34.5 Å². The zero-order valence-corrected chi connectivity index (χ0v) is 18.7. The maximum absolute atomic E-state index is 13.0. The molecule has 0 bridgehead atoms. The number of aromatic nitrogens is 1. The molecule has 2 aromatic carbocycles. The molecule has 30 heavy (non-hydrogen) atoms. The summed E-state index contributed by atoms with van der Waals surface area (Å²) >= 11 is 6.80. The highest BCUT2D eigenvalue weighted by Gasteiger charge is 2.34. The Morgan fingerprint density at radius 2 is 1.70 bits per heavy atom. The molecule has 6 heteroatoms. The number of thiocarbonyl (C=S) groups is 1. The van der Waals surface area contributed by atoms with E-state index < -0.39 is 0 Å². The van der Waals surface area contributed by atoms with Crippen molar-refractivity contribution in [3.8, 4) is 5.75 Å². The minimum Gasteiger partial charge on any atom is -0.489 e. The largest absolute Gasteiger partial charge is 0.489 e. The van der Waals surface area contributed by atoms with E-state index in [-0.39, 0.29) is 5.91 Å². The molecule has 1 aromatic heterocycles. The maximum Gasteiger partial charge on any atom is 0.285 e. The van der Waals surface area contributed by atoms with Crippen molar-refractivity contribution < 1.29 is 9.53 Å². The first kappa shape index (κ1) is 20.4. The Morgan fingerprint density at radius 3 is 2.37 bits per heavy atom. The van der Waals surface area contributed by atoms with Crippen molar-refractivity contribution in [2.75, 3.05) is 5.01 Å². The third-order valence-electron chi connectivity index (χ3n) is 4.87. The fourth-order valence-corrected chi connectivity index (χ4v) is 4.63. The van der Waals surface area contributed by atoms with Crippen LogP contribution >= 0.6 is 24.0 Å². The van der Waals surface area contributed by atoms with Crippen molar-refractivity contribution in [2.45, 2.75) is 27.4 Å². The van der Waals surface area contributed by atoms with Crippen LogP contribution in [0.5, 0.6) is 5.75 Å². The fraction of sp³-hybridized carbons (Fsp3) is 0.167. The molecule has 0 N–H and O–H groups in total. The number of hydrogen-bond acceptors (Lipinski definition) is 4. The number of benzene rings is 2. The van der Waals surface area contributed by atoms with Crippen LogP contribution in [0.25, 0.3) is 6.08 Å². The SMILES string of the molecule is Cc1cccc(COc2ccc(/C=C3/SC(=S)N(n4c(C)ccc4C)C3=O)cc2)c1. The first-order valence-electron chi connectivity index (χ1n) is 9.64. The normalized spacial score (nSPS) is 15.3. The number of rotatable bonds is 5.